The number of aromatic nitrogens is 1. The number of fused-ring (bicyclic) bond motifs is 1. The summed E-state index contributed by atoms with van der Waals surface area (Å²) in [5.74, 6) is 0.743. The van der Waals surface area contributed by atoms with Gasteiger partial charge >= 0.3 is 0 Å². The second-order valence-corrected chi connectivity index (χ2v) is 7.02. The van der Waals surface area contributed by atoms with E-state index in [1.165, 1.54) is 12.8 Å². The summed E-state index contributed by atoms with van der Waals surface area (Å²) in [5, 5.41) is 4.00. The highest BCUT2D eigenvalue weighted by molar-refractivity contribution is 6.06. The first-order valence-electron chi connectivity index (χ1n) is 8.85. The van der Waals surface area contributed by atoms with E-state index >= 15 is 0 Å². The monoisotopic (exact) mass is 325 g/mol. The van der Waals surface area contributed by atoms with Crippen molar-refractivity contribution in [1.82, 2.24) is 15.2 Å². The van der Waals surface area contributed by atoms with Crippen LogP contribution in [-0.4, -0.2) is 41.3 Å². The second kappa shape index (κ2) is 6.30. The Morgan fingerprint density at radius 1 is 1.21 bits per heavy atom. The lowest BCUT2D eigenvalue weighted by Gasteiger charge is -2.32. The average Bonchev–Trinajstić information content (AvgIpc) is 3.33. The van der Waals surface area contributed by atoms with E-state index in [2.05, 4.69) is 10.3 Å². The summed E-state index contributed by atoms with van der Waals surface area (Å²) < 4.78 is 0. The molecule has 2 aliphatic rings. The lowest BCUT2D eigenvalue weighted by molar-refractivity contribution is -0.126. The van der Waals surface area contributed by atoms with Gasteiger partial charge in [-0.15, -0.1) is 0 Å². The Labute approximate surface area is 141 Å². The van der Waals surface area contributed by atoms with Crippen molar-refractivity contribution in [2.45, 2.75) is 25.7 Å². The summed E-state index contributed by atoms with van der Waals surface area (Å²) in [5.41, 5.74) is 1.68. The van der Waals surface area contributed by atoms with Crippen LogP contribution in [0.15, 0.2) is 30.5 Å². The van der Waals surface area contributed by atoms with E-state index < -0.39 is 0 Å². The van der Waals surface area contributed by atoms with E-state index in [1.54, 1.807) is 0 Å². The van der Waals surface area contributed by atoms with Gasteiger partial charge in [-0.2, -0.15) is 0 Å². The molecular formula is C19H23N3O2. The van der Waals surface area contributed by atoms with Crippen molar-refractivity contribution in [3.05, 3.63) is 36.0 Å². The van der Waals surface area contributed by atoms with Gasteiger partial charge in [0.05, 0.1) is 5.92 Å². The molecule has 4 rings (SSSR count). The molecule has 1 aliphatic carbocycles. The fraction of sp³-hybridized carbons (Fsp3) is 0.474. The van der Waals surface area contributed by atoms with Crippen molar-refractivity contribution in [2.75, 3.05) is 19.6 Å². The standard InChI is InChI=1S/C19H23N3O2/c23-18(21-11-13-6-7-13)14-3-2-10-22(12-14)19(24)16-4-1-5-17-15(16)8-9-20-17/h1,4-5,8-9,13-14,20H,2-3,6-7,10-12H2,(H,21,23). The number of hydrogen-bond acceptors (Lipinski definition) is 2. The first kappa shape index (κ1) is 15.2. The number of likely N-dealkylation sites (tertiary alicyclic amines) is 1. The summed E-state index contributed by atoms with van der Waals surface area (Å²) in [6.45, 7) is 2.05. The van der Waals surface area contributed by atoms with Crippen LogP contribution in [0.25, 0.3) is 10.9 Å². The van der Waals surface area contributed by atoms with Gasteiger partial charge in [0, 0.05) is 42.3 Å². The molecule has 1 atom stereocenters. The lowest BCUT2D eigenvalue weighted by Crippen LogP contribution is -2.45. The molecule has 1 saturated heterocycles. The zero-order valence-electron chi connectivity index (χ0n) is 13.8. The van der Waals surface area contributed by atoms with Crippen LogP contribution in [0.1, 0.15) is 36.0 Å². The fourth-order valence-corrected chi connectivity index (χ4v) is 3.53. The predicted octanol–water partition coefficient (Wildman–Crippen LogP) is 2.55. The highest BCUT2D eigenvalue weighted by Gasteiger charge is 2.30. The van der Waals surface area contributed by atoms with Gasteiger partial charge in [-0.1, -0.05) is 6.07 Å². The van der Waals surface area contributed by atoms with E-state index in [0.29, 0.717) is 18.0 Å². The maximum absolute atomic E-state index is 12.9. The summed E-state index contributed by atoms with van der Waals surface area (Å²) in [4.78, 5) is 30.3. The Balaban J connectivity index is 1.46. The molecule has 0 bridgehead atoms. The highest BCUT2D eigenvalue weighted by atomic mass is 16.2. The fourth-order valence-electron chi connectivity index (χ4n) is 3.53. The van der Waals surface area contributed by atoms with E-state index in [4.69, 9.17) is 0 Å². The third kappa shape index (κ3) is 3.03. The van der Waals surface area contributed by atoms with Gasteiger partial charge in [0.25, 0.3) is 5.91 Å². The molecule has 5 heteroatoms. The number of rotatable bonds is 4. The number of hydrogen-bond donors (Lipinski definition) is 2. The van der Waals surface area contributed by atoms with E-state index in [1.807, 2.05) is 35.4 Å². The number of aromatic amines is 1. The molecule has 1 aromatic heterocycles. The molecular weight excluding hydrogens is 302 g/mol. The number of carbonyl (C=O) groups is 2. The Bertz CT molecular complexity index is 763. The minimum absolute atomic E-state index is 0.0277. The third-order valence-corrected chi connectivity index (χ3v) is 5.17. The summed E-state index contributed by atoms with van der Waals surface area (Å²) in [6, 6.07) is 7.67. The van der Waals surface area contributed by atoms with Crippen molar-refractivity contribution in [3.63, 3.8) is 0 Å². The normalized spacial score (nSPS) is 21.0. The largest absolute Gasteiger partial charge is 0.361 e. The quantitative estimate of drug-likeness (QED) is 0.907. The van der Waals surface area contributed by atoms with Crippen LogP contribution in [-0.2, 0) is 4.79 Å². The minimum atomic E-state index is -0.0770. The maximum Gasteiger partial charge on any atom is 0.254 e. The number of benzene rings is 1. The van der Waals surface area contributed by atoms with Gasteiger partial charge in [0.15, 0.2) is 0 Å². The molecule has 2 N–H and O–H groups in total. The molecule has 2 fully saturated rings. The number of nitrogens with one attached hydrogen (secondary N) is 2. The van der Waals surface area contributed by atoms with Crippen LogP contribution in [0, 0.1) is 11.8 Å². The van der Waals surface area contributed by atoms with Crippen LogP contribution in [0.3, 0.4) is 0 Å². The molecule has 5 nitrogen and oxygen atoms in total. The maximum atomic E-state index is 12.9. The molecule has 24 heavy (non-hydrogen) atoms. The van der Waals surface area contributed by atoms with Crippen molar-refractivity contribution in [2.24, 2.45) is 11.8 Å². The van der Waals surface area contributed by atoms with Crippen LogP contribution in [0.4, 0.5) is 0 Å². The zero-order valence-corrected chi connectivity index (χ0v) is 13.8. The molecule has 0 spiro atoms. The number of amides is 2. The predicted molar refractivity (Wildman–Crippen MR) is 92.7 cm³/mol. The summed E-state index contributed by atoms with van der Waals surface area (Å²) >= 11 is 0. The third-order valence-electron chi connectivity index (χ3n) is 5.17. The smallest absolute Gasteiger partial charge is 0.254 e. The van der Waals surface area contributed by atoms with Crippen molar-refractivity contribution in [1.29, 1.82) is 0 Å². The molecule has 2 amide bonds. The summed E-state index contributed by atoms with van der Waals surface area (Å²) in [7, 11) is 0. The first-order valence-corrected chi connectivity index (χ1v) is 8.85. The van der Waals surface area contributed by atoms with Crippen LogP contribution >= 0.6 is 0 Å². The topological polar surface area (TPSA) is 65.2 Å². The Kier molecular flexibility index (Phi) is 4.00. The van der Waals surface area contributed by atoms with Crippen molar-refractivity contribution < 1.29 is 9.59 Å². The molecule has 2 aromatic rings. The van der Waals surface area contributed by atoms with Gasteiger partial charge in [0.2, 0.25) is 5.91 Å². The van der Waals surface area contributed by atoms with Gasteiger partial charge < -0.3 is 15.2 Å². The average molecular weight is 325 g/mol. The van der Waals surface area contributed by atoms with Gasteiger partial charge in [-0.3, -0.25) is 9.59 Å². The van der Waals surface area contributed by atoms with E-state index in [0.717, 1.165) is 36.8 Å². The zero-order chi connectivity index (χ0) is 16.5. The Hall–Kier alpha value is -2.30. The molecule has 2 heterocycles. The molecule has 1 aromatic carbocycles. The number of carbonyl (C=O) groups excluding carboxylic acids is 2. The van der Waals surface area contributed by atoms with Crippen molar-refractivity contribution in [3.8, 4) is 0 Å². The van der Waals surface area contributed by atoms with Crippen molar-refractivity contribution >= 4 is 22.7 Å². The molecule has 0 radical (unpaired) electrons. The molecule has 1 aliphatic heterocycles. The van der Waals surface area contributed by atoms with E-state index in [9.17, 15) is 9.59 Å². The Morgan fingerprint density at radius 3 is 2.92 bits per heavy atom. The molecule has 1 unspecified atom stereocenters. The highest BCUT2D eigenvalue weighted by Crippen LogP contribution is 2.28. The number of nitrogens with zero attached hydrogens (tertiary/aromatic N) is 1. The van der Waals surface area contributed by atoms with Gasteiger partial charge in [-0.05, 0) is 49.8 Å². The van der Waals surface area contributed by atoms with Crippen LogP contribution in [0.5, 0.6) is 0 Å². The molecule has 126 valence electrons. The Morgan fingerprint density at radius 2 is 2.08 bits per heavy atom. The minimum Gasteiger partial charge on any atom is -0.361 e. The van der Waals surface area contributed by atoms with Gasteiger partial charge in [-0.25, -0.2) is 0 Å². The van der Waals surface area contributed by atoms with Gasteiger partial charge in [0.1, 0.15) is 0 Å². The SMILES string of the molecule is O=C(NCC1CC1)C1CCCN(C(=O)c2cccc3[nH]ccc23)C1. The number of piperidine rings is 1. The van der Waals surface area contributed by atoms with Crippen LogP contribution in [0.2, 0.25) is 0 Å². The number of H-pyrrole nitrogens is 1. The van der Waals surface area contributed by atoms with E-state index in [-0.39, 0.29) is 17.7 Å². The van der Waals surface area contributed by atoms with Crippen LogP contribution < -0.4 is 5.32 Å². The summed E-state index contributed by atoms with van der Waals surface area (Å²) in [6.07, 6.45) is 6.07. The molecule has 1 saturated carbocycles. The first-order chi connectivity index (χ1) is 11.7. The lowest BCUT2D eigenvalue weighted by atomic mass is 9.96. The second-order valence-electron chi connectivity index (χ2n) is 7.02.